The summed E-state index contributed by atoms with van der Waals surface area (Å²) in [6, 6.07) is 3.73. The predicted molar refractivity (Wildman–Crippen MR) is 60.8 cm³/mol. The third-order valence-electron chi connectivity index (χ3n) is 2.95. The van der Waals surface area contributed by atoms with E-state index in [0.717, 1.165) is 12.1 Å². The van der Waals surface area contributed by atoms with Crippen molar-refractivity contribution < 1.29 is 23.2 Å². The summed E-state index contributed by atoms with van der Waals surface area (Å²) in [5, 5.41) is 14.5. The Morgan fingerprint density at radius 2 is 1.84 bits per heavy atom. The van der Waals surface area contributed by atoms with E-state index < -0.39 is 17.8 Å². The number of amides is 1. The second-order valence-electron chi connectivity index (χ2n) is 4.21. The molecule has 1 unspecified atom stereocenters. The summed E-state index contributed by atoms with van der Waals surface area (Å²) < 4.78 is 37.3. The summed E-state index contributed by atoms with van der Waals surface area (Å²) in [7, 11) is 0. The number of benzene rings is 1. The molecule has 7 heteroatoms. The highest BCUT2D eigenvalue weighted by Gasteiger charge is 2.31. The van der Waals surface area contributed by atoms with Gasteiger partial charge in [0.2, 0.25) is 5.91 Å². The number of oxime groups is 1. The fourth-order valence-corrected chi connectivity index (χ4v) is 1.95. The van der Waals surface area contributed by atoms with Crippen LogP contribution in [0, 0.1) is 0 Å². The van der Waals surface area contributed by atoms with Gasteiger partial charge in [-0.1, -0.05) is 17.3 Å². The molecule has 1 amide bonds. The first kappa shape index (κ1) is 13.4. The number of piperidine rings is 1. The number of carbonyl (C=O) groups excluding carboxylic acids is 1. The van der Waals surface area contributed by atoms with Crippen molar-refractivity contribution in [1.82, 2.24) is 5.32 Å². The molecule has 102 valence electrons. The van der Waals surface area contributed by atoms with Gasteiger partial charge >= 0.3 is 6.18 Å². The zero-order valence-corrected chi connectivity index (χ0v) is 9.74. The van der Waals surface area contributed by atoms with Crippen molar-refractivity contribution in [2.75, 3.05) is 0 Å². The van der Waals surface area contributed by atoms with Crippen LogP contribution in [-0.2, 0) is 11.0 Å². The van der Waals surface area contributed by atoms with Crippen molar-refractivity contribution >= 4 is 11.6 Å². The lowest BCUT2D eigenvalue weighted by Crippen LogP contribution is -2.38. The van der Waals surface area contributed by atoms with Crippen LogP contribution in [0.2, 0.25) is 0 Å². The SMILES string of the molecule is O=C1CC/C(=N\O)C(c2ccc(C(F)(F)F)cc2)N1. The molecule has 0 radical (unpaired) electrons. The van der Waals surface area contributed by atoms with Gasteiger partial charge in [-0.05, 0) is 17.7 Å². The van der Waals surface area contributed by atoms with E-state index in [4.69, 9.17) is 5.21 Å². The molecular formula is C12H11F3N2O2. The van der Waals surface area contributed by atoms with E-state index in [1.54, 1.807) is 0 Å². The van der Waals surface area contributed by atoms with E-state index >= 15 is 0 Å². The second-order valence-corrected chi connectivity index (χ2v) is 4.21. The summed E-state index contributed by atoms with van der Waals surface area (Å²) in [5.41, 5.74) is 0.0223. The van der Waals surface area contributed by atoms with Gasteiger partial charge in [-0.3, -0.25) is 4.79 Å². The smallest absolute Gasteiger partial charge is 0.411 e. The molecule has 4 nitrogen and oxygen atoms in total. The van der Waals surface area contributed by atoms with Gasteiger partial charge in [0.25, 0.3) is 0 Å². The molecule has 1 aromatic carbocycles. The van der Waals surface area contributed by atoms with Crippen LogP contribution in [0.25, 0.3) is 0 Å². The third kappa shape index (κ3) is 2.86. The number of hydrogen-bond donors (Lipinski definition) is 2. The van der Waals surface area contributed by atoms with Crippen molar-refractivity contribution in [2.45, 2.75) is 25.1 Å². The maximum absolute atomic E-state index is 12.4. The molecule has 1 saturated heterocycles. The number of halogens is 3. The number of carbonyl (C=O) groups is 1. The van der Waals surface area contributed by atoms with E-state index in [-0.39, 0.29) is 18.7 Å². The zero-order chi connectivity index (χ0) is 14.0. The largest absolute Gasteiger partial charge is 0.416 e. The Labute approximate surface area is 106 Å². The van der Waals surface area contributed by atoms with Gasteiger partial charge in [-0.25, -0.2) is 0 Å². The Balaban J connectivity index is 2.28. The van der Waals surface area contributed by atoms with Crippen LogP contribution >= 0.6 is 0 Å². The van der Waals surface area contributed by atoms with Crippen LogP contribution in [-0.4, -0.2) is 16.8 Å². The van der Waals surface area contributed by atoms with Gasteiger partial charge in [0.15, 0.2) is 0 Å². The van der Waals surface area contributed by atoms with Gasteiger partial charge in [0.1, 0.15) is 0 Å². The summed E-state index contributed by atoms with van der Waals surface area (Å²) in [6.45, 7) is 0. The molecule has 1 fully saturated rings. The van der Waals surface area contributed by atoms with Crippen LogP contribution in [0.15, 0.2) is 29.4 Å². The van der Waals surface area contributed by atoms with Gasteiger partial charge in [0.05, 0.1) is 17.3 Å². The highest BCUT2D eigenvalue weighted by molar-refractivity contribution is 5.98. The number of nitrogens with zero attached hydrogens (tertiary/aromatic N) is 1. The maximum atomic E-state index is 12.4. The molecule has 0 saturated carbocycles. The molecule has 1 heterocycles. The summed E-state index contributed by atoms with van der Waals surface area (Å²) in [5.74, 6) is -0.225. The topological polar surface area (TPSA) is 61.7 Å². The average molecular weight is 272 g/mol. The molecule has 1 aliphatic rings. The van der Waals surface area contributed by atoms with Gasteiger partial charge in [-0.15, -0.1) is 0 Å². The lowest BCUT2D eigenvalue weighted by atomic mass is 9.94. The molecule has 0 bridgehead atoms. The van der Waals surface area contributed by atoms with E-state index in [2.05, 4.69) is 10.5 Å². The summed E-state index contributed by atoms with van der Waals surface area (Å²) in [4.78, 5) is 11.3. The summed E-state index contributed by atoms with van der Waals surface area (Å²) in [6.07, 6.45) is -3.91. The standard InChI is InChI=1S/C12H11F3N2O2/c13-12(14,15)8-3-1-7(2-4-8)11-9(17-19)5-6-10(18)16-11/h1-4,11,19H,5-6H2,(H,16,18)/b17-9+. The fraction of sp³-hybridized carbons (Fsp3) is 0.333. The maximum Gasteiger partial charge on any atom is 0.416 e. The fourth-order valence-electron chi connectivity index (χ4n) is 1.95. The molecule has 0 aromatic heterocycles. The summed E-state index contributed by atoms with van der Waals surface area (Å²) >= 11 is 0. The number of nitrogens with one attached hydrogen (secondary N) is 1. The van der Waals surface area contributed by atoms with Gasteiger partial charge in [-0.2, -0.15) is 13.2 Å². The van der Waals surface area contributed by atoms with Crippen molar-refractivity contribution in [2.24, 2.45) is 5.16 Å². The van der Waals surface area contributed by atoms with E-state index in [1.807, 2.05) is 0 Å². The minimum absolute atomic E-state index is 0.205. The second kappa shape index (κ2) is 4.91. The van der Waals surface area contributed by atoms with Gasteiger partial charge in [0, 0.05) is 12.8 Å². The normalized spacial score (nSPS) is 22.4. The molecule has 19 heavy (non-hydrogen) atoms. The predicted octanol–water partition coefficient (Wildman–Crippen LogP) is 2.49. The van der Waals surface area contributed by atoms with Crippen LogP contribution in [0.4, 0.5) is 13.2 Å². The van der Waals surface area contributed by atoms with Crippen LogP contribution in [0.5, 0.6) is 0 Å². The molecule has 1 aliphatic heterocycles. The minimum atomic E-state index is -4.40. The lowest BCUT2D eigenvalue weighted by Gasteiger charge is -2.24. The Morgan fingerprint density at radius 3 is 2.37 bits per heavy atom. The Bertz CT molecular complexity index is 509. The Kier molecular flexibility index (Phi) is 3.46. The first-order valence-electron chi connectivity index (χ1n) is 5.59. The first-order chi connectivity index (χ1) is 8.91. The van der Waals surface area contributed by atoms with E-state index in [0.29, 0.717) is 11.3 Å². The van der Waals surface area contributed by atoms with Crippen molar-refractivity contribution in [3.05, 3.63) is 35.4 Å². The van der Waals surface area contributed by atoms with Crippen molar-refractivity contribution in [3.8, 4) is 0 Å². The third-order valence-corrected chi connectivity index (χ3v) is 2.95. The molecular weight excluding hydrogens is 261 g/mol. The van der Waals surface area contributed by atoms with Crippen molar-refractivity contribution in [3.63, 3.8) is 0 Å². The minimum Gasteiger partial charge on any atom is -0.411 e. The molecule has 1 aromatic rings. The van der Waals surface area contributed by atoms with Gasteiger partial charge < -0.3 is 10.5 Å². The van der Waals surface area contributed by atoms with Crippen LogP contribution in [0.1, 0.15) is 30.0 Å². The van der Waals surface area contributed by atoms with Crippen LogP contribution in [0.3, 0.4) is 0 Å². The Morgan fingerprint density at radius 1 is 1.21 bits per heavy atom. The average Bonchev–Trinajstić information content (AvgIpc) is 2.38. The molecule has 2 rings (SSSR count). The first-order valence-corrected chi connectivity index (χ1v) is 5.59. The zero-order valence-electron chi connectivity index (χ0n) is 9.74. The number of hydrogen-bond acceptors (Lipinski definition) is 3. The number of alkyl halides is 3. The van der Waals surface area contributed by atoms with E-state index in [1.165, 1.54) is 12.1 Å². The van der Waals surface area contributed by atoms with E-state index in [9.17, 15) is 18.0 Å². The lowest BCUT2D eigenvalue weighted by molar-refractivity contribution is -0.137. The molecule has 0 spiro atoms. The molecule has 2 N–H and O–H groups in total. The number of rotatable bonds is 1. The monoisotopic (exact) mass is 272 g/mol. The highest BCUT2D eigenvalue weighted by atomic mass is 19.4. The highest BCUT2D eigenvalue weighted by Crippen LogP contribution is 2.30. The molecule has 0 aliphatic carbocycles. The Hall–Kier alpha value is -2.05. The van der Waals surface area contributed by atoms with Crippen LogP contribution < -0.4 is 5.32 Å². The molecule has 1 atom stereocenters. The van der Waals surface area contributed by atoms with Crippen molar-refractivity contribution in [1.29, 1.82) is 0 Å². The quantitative estimate of drug-likeness (QED) is 0.609.